The number of nitrogens with one attached hydrogen (secondary N) is 1. The number of carbonyl (C=O) groups is 2. The van der Waals surface area contributed by atoms with Crippen LogP contribution in [-0.4, -0.2) is 33.8 Å². The first kappa shape index (κ1) is 15.9. The normalized spacial score (nSPS) is 11.3. The summed E-state index contributed by atoms with van der Waals surface area (Å²) in [5.74, 6) is -1.36. The van der Waals surface area contributed by atoms with Crippen molar-refractivity contribution in [3.8, 4) is 0 Å². The number of carbonyl (C=O) groups excluding carboxylic acids is 2. The van der Waals surface area contributed by atoms with Crippen molar-refractivity contribution in [3.05, 3.63) is 28.5 Å². The number of nitrogens with zero attached hydrogens (tertiary/aromatic N) is 3. The minimum Gasteiger partial charge on any atom is -0.464 e. The Hall–Kier alpha value is -2.43. The standard InChI is InChI=1S/C11H9F3N4O3S/c1-18-5(3-4-6(18)8(20)21-2)7(19)15-10-17-16-9(22-10)11(12,13)14/h3-4H,1-2H3,(H,15,17,19). The average molecular weight is 334 g/mol. The van der Waals surface area contributed by atoms with E-state index >= 15 is 0 Å². The van der Waals surface area contributed by atoms with Gasteiger partial charge in [0.05, 0.1) is 7.11 Å². The van der Waals surface area contributed by atoms with Gasteiger partial charge in [0.15, 0.2) is 0 Å². The fourth-order valence-corrected chi connectivity index (χ4v) is 2.20. The fraction of sp³-hybridized carbons (Fsp3) is 0.273. The van der Waals surface area contributed by atoms with Crippen molar-refractivity contribution in [2.45, 2.75) is 6.18 Å². The van der Waals surface area contributed by atoms with Crippen LogP contribution in [0.3, 0.4) is 0 Å². The molecule has 0 saturated carbocycles. The van der Waals surface area contributed by atoms with E-state index in [0.717, 1.165) is 0 Å². The van der Waals surface area contributed by atoms with E-state index < -0.39 is 23.1 Å². The molecule has 2 rings (SSSR count). The second-order valence-electron chi connectivity index (χ2n) is 4.02. The molecule has 0 aliphatic rings. The minimum absolute atomic E-state index is 0.0594. The lowest BCUT2D eigenvalue weighted by molar-refractivity contribution is -0.138. The summed E-state index contributed by atoms with van der Waals surface area (Å²) in [6, 6.07) is 2.70. The van der Waals surface area contributed by atoms with E-state index in [1.807, 2.05) is 0 Å². The Morgan fingerprint density at radius 2 is 1.91 bits per heavy atom. The Balaban J connectivity index is 2.18. The maximum absolute atomic E-state index is 12.4. The smallest absolute Gasteiger partial charge is 0.445 e. The number of hydrogen-bond donors (Lipinski definition) is 1. The summed E-state index contributed by atoms with van der Waals surface area (Å²) in [5, 5.41) is 6.94. The van der Waals surface area contributed by atoms with Crippen molar-refractivity contribution in [2.24, 2.45) is 7.05 Å². The molecule has 1 amide bonds. The molecule has 0 aromatic carbocycles. The Morgan fingerprint density at radius 1 is 1.27 bits per heavy atom. The number of alkyl halides is 3. The van der Waals surface area contributed by atoms with Crippen molar-refractivity contribution in [3.63, 3.8) is 0 Å². The molecule has 1 N–H and O–H groups in total. The van der Waals surface area contributed by atoms with Crippen LogP contribution in [0.4, 0.5) is 18.3 Å². The second-order valence-corrected chi connectivity index (χ2v) is 5.00. The number of hydrogen-bond acceptors (Lipinski definition) is 6. The third-order valence-corrected chi connectivity index (χ3v) is 3.52. The maximum Gasteiger partial charge on any atom is 0.445 e. The molecule has 0 spiro atoms. The van der Waals surface area contributed by atoms with Crippen LogP contribution in [0, 0.1) is 0 Å². The van der Waals surface area contributed by atoms with Crippen molar-refractivity contribution < 1.29 is 27.5 Å². The second kappa shape index (κ2) is 5.75. The summed E-state index contributed by atoms with van der Waals surface area (Å²) < 4.78 is 43.0. The van der Waals surface area contributed by atoms with Crippen LogP contribution in [0.25, 0.3) is 0 Å². The van der Waals surface area contributed by atoms with Gasteiger partial charge < -0.3 is 9.30 Å². The quantitative estimate of drug-likeness (QED) is 0.867. The number of amides is 1. The van der Waals surface area contributed by atoms with Gasteiger partial charge in [0, 0.05) is 7.05 Å². The predicted molar refractivity (Wildman–Crippen MR) is 69.6 cm³/mol. The minimum atomic E-state index is -4.62. The van der Waals surface area contributed by atoms with Gasteiger partial charge in [0.2, 0.25) is 10.1 Å². The van der Waals surface area contributed by atoms with Crippen LogP contribution < -0.4 is 5.32 Å². The Morgan fingerprint density at radius 3 is 2.45 bits per heavy atom. The predicted octanol–water partition coefficient (Wildman–Crippen LogP) is 1.93. The third-order valence-electron chi connectivity index (χ3n) is 2.64. The van der Waals surface area contributed by atoms with Crippen molar-refractivity contribution in [1.29, 1.82) is 0 Å². The molecule has 2 aromatic rings. The zero-order valence-electron chi connectivity index (χ0n) is 11.3. The molecule has 2 aromatic heterocycles. The number of ether oxygens (including phenoxy) is 1. The molecule has 0 atom stereocenters. The molecule has 11 heteroatoms. The van der Waals surface area contributed by atoms with Gasteiger partial charge in [0.1, 0.15) is 11.4 Å². The lowest BCUT2D eigenvalue weighted by Gasteiger charge is -2.05. The molecule has 118 valence electrons. The van der Waals surface area contributed by atoms with Crippen molar-refractivity contribution in [1.82, 2.24) is 14.8 Å². The lowest BCUT2D eigenvalue weighted by atomic mass is 10.4. The molecule has 0 radical (unpaired) electrons. The molecule has 0 aliphatic carbocycles. The van der Waals surface area contributed by atoms with E-state index in [2.05, 4.69) is 20.3 Å². The molecular weight excluding hydrogens is 325 g/mol. The van der Waals surface area contributed by atoms with Gasteiger partial charge in [-0.1, -0.05) is 11.3 Å². The molecule has 0 unspecified atom stereocenters. The van der Waals surface area contributed by atoms with Gasteiger partial charge >= 0.3 is 12.1 Å². The molecule has 0 fully saturated rings. The first-order chi connectivity index (χ1) is 10.2. The number of aromatic nitrogens is 3. The summed E-state index contributed by atoms with van der Waals surface area (Å²) in [6.45, 7) is 0. The molecule has 22 heavy (non-hydrogen) atoms. The third kappa shape index (κ3) is 3.08. The van der Waals surface area contributed by atoms with Crippen LogP contribution in [-0.2, 0) is 18.0 Å². The van der Waals surface area contributed by atoms with Crippen molar-refractivity contribution in [2.75, 3.05) is 12.4 Å². The van der Waals surface area contributed by atoms with Gasteiger partial charge in [-0.05, 0) is 12.1 Å². The number of esters is 1. The van der Waals surface area contributed by atoms with E-state index in [9.17, 15) is 22.8 Å². The molecule has 0 bridgehead atoms. The topological polar surface area (TPSA) is 86.1 Å². The van der Waals surface area contributed by atoms with Gasteiger partial charge in [-0.2, -0.15) is 13.2 Å². The highest BCUT2D eigenvalue weighted by Crippen LogP contribution is 2.33. The maximum atomic E-state index is 12.4. The summed E-state index contributed by atoms with van der Waals surface area (Å²) in [4.78, 5) is 23.4. The summed E-state index contributed by atoms with van der Waals surface area (Å²) in [7, 11) is 2.64. The Bertz CT molecular complexity index is 722. The van der Waals surface area contributed by atoms with E-state index in [0.29, 0.717) is 0 Å². The number of anilines is 1. The number of rotatable bonds is 3. The van der Waals surface area contributed by atoms with Gasteiger partial charge in [-0.25, -0.2) is 4.79 Å². The number of halogens is 3. The van der Waals surface area contributed by atoms with Crippen LogP contribution in [0.1, 0.15) is 26.0 Å². The first-order valence-electron chi connectivity index (χ1n) is 5.70. The SMILES string of the molecule is COC(=O)c1ccc(C(=O)Nc2nnc(C(F)(F)F)s2)n1C. The molecule has 2 heterocycles. The summed E-state index contributed by atoms with van der Waals surface area (Å²) >= 11 is 0.206. The van der Waals surface area contributed by atoms with E-state index in [1.54, 1.807) is 0 Å². The summed E-state index contributed by atoms with van der Waals surface area (Å²) in [5.41, 5.74) is 0.185. The highest BCUT2D eigenvalue weighted by molar-refractivity contribution is 7.15. The fourth-order valence-electron chi connectivity index (χ4n) is 1.60. The van der Waals surface area contributed by atoms with Gasteiger partial charge in [0.25, 0.3) is 5.91 Å². The zero-order valence-corrected chi connectivity index (χ0v) is 12.1. The molecule has 0 aliphatic heterocycles. The first-order valence-corrected chi connectivity index (χ1v) is 6.51. The zero-order chi connectivity index (χ0) is 16.5. The lowest BCUT2D eigenvalue weighted by Crippen LogP contribution is -2.18. The van der Waals surface area contributed by atoms with Gasteiger partial charge in [-0.3, -0.25) is 10.1 Å². The highest BCUT2D eigenvalue weighted by Gasteiger charge is 2.36. The van der Waals surface area contributed by atoms with Crippen LogP contribution in [0.5, 0.6) is 0 Å². The van der Waals surface area contributed by atoms with Gasteiger partial charge in [-0.15, -0.1) is 10.2 Å². The van der Waals surface area contributed by atoms with Crippen molar-refractivity contribution >= 4 is 28.3 Å². The Kier molecular flexibility index (Phi) is 4.17. The molecular formula is C11H9F3N4O3S. The van der Waals surface area contributed by atoms with Crippen LogP contribution in [0.2, 0.25) is 0 Å². The van der Waals surface area contributed by atoms with Crippen LogP contribution in [0.15, 0.2) is 12.1 Å². The Labute approximate surface area is 125 Å². The van der Waals surface area contributed by atoms with E-state index in [4.69, 9.17) is 0 Å². The van der Waals surface area contributed by atoms with Crippen LogP contribution >= 0.6 is 11.3 Å². The van der Waals surface area contributed by atoms with E-state index in [-0.39, 0.29) is 27.9 Å². The average Bonchev–Trinajstić information content (AvgIpc) is 3.04. The highest BCUT2D eigenvalue weighted by atomic mass is 32.1. The molecule has 0 saturated heterocycles. The largest absolute Gasteiger partial charge is 0.464 e. The number of methoxy groups -OCH3 is 1. The summed E-state index contributed by atoms with van der Waals surface area (Å²) in [6.07, 6.45) is -4.62. The molecule has 7 nitrogen and oxygen atoms in total. The van der Waals surface area contributed by atoms with E-state index in [1.165, 1.54) is 30.9 Å². The monoisotopic (exact) mass is 334 g/mol.